The average molecular weight is 591 g/mol. The smallest absolute Gasteiger partial charge is 0.294 e. The van der Waals surface area contributed by atoms with E-state index in [1.165, 1.54) is 24.3 Å². The summed E-state index contributed by atoms with van der Waals surface area (Å²) in [5, 5.41) is 4.21. The number of nitrogens with one attached hydrogen (secondary N) is 1. The van der Waals surface area contributed by atoms with Crippen LogP contribution in [0.5, 0.6) is 5.75 Å². The topological polar surface area (TPSA) is 75.7 Å². The van der Waals surface area contributed by atoms with E-state index in [2.05, 4.69) is 21.2 Å². The monoisotopic (exact) mass is 590 g/mol. The van der Waals surface area contributed by atoms with E-state index in [0.29, 0.717) is 23.6 Å². The van der Waals surface area contributed by atoms with Gasteiger partial charge in [-0.15, -0.1) is 0 Å². The van der Waals surface area contributed by atoms with E-state index in [0.717, 1.165) is 37.5 Å². The highest BCUT2D eigenvalue weighted by Gasteiger charge is 2.36. The first-order valence-corrected chi connectivity index (χ1v) is 13.2. The fraction of sp³-hybridized carbons (Fsp3) is 0.0690. The summed E-state index contributed by atoms with van der Waals surface area (Å²) in [5.74, 6) is -1.04. The lowest BCUT2D eigenvalue weighted by molar-refractivity contribution is -0.127. The van der Waals surface area contributed by atoms with Gasteiger partial charge in [-0.3, -0.25) is 19.3 Å². The maximum Gasteiger partial charge on any atom is 0.294 e. The molecule has 1 fully saturated rings. The van der Waals surface area contributed by atoms with E-state index in [9.17, 15) is 18.8 Å². The van der Waals surface area contributed by atoms with E-state index in [4.69, 9.17) is 4.74 Å². The number of imide groups is 1. The molecule has 3 amide bonds. The zero-order valence-electron chi connectivity index (χ0n) is 19.8. The molecule has 9 heteroatoms. The number of hydrogen-bond acceptors (Lipinski definition) is 5. The van der Waals surface area contributed by atoms with Gasteiger partial charge < -0.3 is 10.1 Å². The van der Waals surface area contributed by atoms with E-state index in [1.54, 1.807) is 18.2 Å². The molecule has 4 aromatic rings. The van der Waals surface area contributed by atoms with Crippen LogP contribution in [0.3, 0.4) is 0 Å². The maximum absolute atomic E-state index is 13.1. The zero-order chi connectivity index (χ0) is 26.6. The van der Waals surface area contributed by atoms with Crippen molar-refractivity contribution in [3.63, 3.8) is 0 Å². The molecular weight excluding hydrogens is 571 g/mol. The predicted octanol–water partition coefficient (Wildman–Crippen LogP) is 7.00. The third kappa shape index (κ3) is 5.79. The summed E-state index contributed by atoms with van der Waals surface area (Å²) < 4.78 is 20.0. The van der Waals surface area contributed by atoms with Gasteiger partial charge in [-0.1, -0.05) is 58.4 Å². The van der Waals surface area contributed by atoms with Gasteiger partial charge in [0.05, 0.1) is 4.91 Å². The summed E-state index contributed by atoms with van der Waals surface area (Å²) in [7, 11) is 0. The van der Waals surface area contributed by atoms with Crippen molar-refractivity contribution < 1.29 is 23.5 Å². The number of rotatable bonds is 7. The highest BCUT2D eigenvalue weighted by Crippen LogP contribution is 2.35. The second-order valence-corrected chi connectivity index (χ2v) is 10.3. The Morgan fingerprint density at radius 2 is 1.76 bits per heavy atom. The number of amides is 3. The lowest BCUT2D eigenvalue weighted by Crippen LogP contribution is -2.36. The van der Waals surface area contributed by atoms with Crippen LogP contribution in [0.1, 0.15) is 11.1 Å². The molecular formula is C29H20BrFN2O4S. The second-order valence-electron chi connectivity index (χ2n) is 8.43. The summed E-state index contributed by atoms with van der Waals surface area (Å²) in [6.45, 7) is -0.142. The lowest BCUT2D eigenvalue weighted by Gasteiger charge is -2.13. The minimum Gasteiger partial charge on any atom is -0.488 e. The molecule has 1 aliphatic rings. The molecule has 1 saturated heterocycles. The summed E-state index contributed by atoms with van der Waals surface area (Å²) in [4.78, 5) is 39.0. The van der Waals surface area contributed by atoms with Crippen LogP contribution in [0.2, 0.25) is 0 Å². The van der Waals surface area contributed by atoms with E-state index in [1.807, 2.05) is 48.5 Å². The van der Waals surface area contributed by atoms with Gasteiger partial charge in [0.2, 0.25) is 5.91 Å². The van der Waals surface area contributed by atoms with Crippen molar-refractivity contribution in [2.75, 3.05) is 11.9 Å². The molecule has 1 aliphatic heterocycles. The van der Waals surface area contributed by atoms with Crippen LogP contribution in [-0.4, -0.2) is 28.5 Å². The number of nitrogens with zero attached hydrogens (tertiary/aromatic N) is 1. The SMILES string of the molecule is O=C(CN1C(=O)S/C(=C\c2cc(Br)ccc2OCc2cccc3ccccc23)C1=O)Nc1ccc(F)cc1. The largest absolute Gasteiger partial charge is 0.488 e. The fourth-order valence-electron chi connectivity index (χ4n) is 3.99. The molecule has 1 N–H and O–H groups in total. The van der Waals surface area contributed by atoms with E-state index >= 15 is 0 Å². The normalized spacial score (nSPS) is 14.4. The van der Waals surface area contributed by atoms with Gasteiger partial charge in [0, 0.05) is 15.7 Å². The Morgan fingerprint density at radius 3 is 2.58 bits per heavy atom. The summed E-state index contributed by atoms with van der Waals surface area (Å²) in [5.41, 5.74) is 1.99. The Morgan fingerprint density at radius 1 is 1.00 bits per heavy atom. The van der Waals surface area contributed by atoms with Crippen LogP contribution in [-0.2, 0) is 16.2 Å². The highest BCUT2D eigenvalue weighted by molar-refractivity contribution is 9.10. The van der Waals surface area contributed by atoms with Crippen LogP contribution in [0.4, 0.5) is 14.9 Å². The predicted molar refractivity (Wildman–Crippen MR) is 150 cm³/mol. The van der Waals surface area contributed by atoms with Crippen LogP contribution in [0.25, 0.3) is 16.8 Å². The minimum absolute atomic E-state index is 0.178. The average Bonchev–Trinajstić information content (AvgIpc) is 3.16. The molecule has 5 rings (SSSR count). The molecule has 0 spiro atoms. The zero-order valence-corrected chi connectivity index (χ0v) is 22.2. The van der Waals surface area contributed by atoms with Crippen LogP contribution in [0, 0.1) is 5.82 Å². The molecule has 190 valence electrons. The standard InChI is InChI=1S/C29H20BrFN2O4S/c30-21-8-13-25(37-17-19-6-3-5-18-4-1-2-7-24(18)19)20(14-21)15-26-28(35)33(29(36)38-26)16-27(34)32-23-11-9-22(31)10-12-23/h1-15H,16-17H2,(H,32,34)/b26-15-. The Kier molecular flexibility index (Phi) is 7.57. The molecule has 6 nitrogen and oxygen atoms in total. The number of carbonyl (C=O) groups excluding carboxylic acids is 3. The lowest BCUT2D eigenvalue weighted by atomic mass is 10.1. The Bertz CT molecular complexity index is 1580. The molecule has 0 bridgehead atoms. The van der Waals surface area contributed by atoms with Crippen molar-refractivity contribution in [1.29, 1.82) is 0 Å². The first kappa shape index (κ1) is 25.7. The molecule has 0 unspecified atom stereocenters. The second kappa shape index (κ2) is 11.2. The number of anilines is 1. The van der Waals surface area contributed by atoms with Gasteiger partial charge in [0.25, 0.3) is 11.1 Å². The number of carbonyl (C=O) groups is 3. The van der Waals surface area contributed by atoms with Gasteiger partial charge in [-0.25, -0.2) is 4.39 Å². The third-order valence-corrected chi connectivity index (χ3v) is 7.23. The number of halogens is 2. The Hall–Kier alpha value is -3.95. The first-order chi connectivity index (χ1) is 18.4. The van der Waals surface area contributed by atoms with Gasteiger partial charge >= 0.3 is 0 Å². The fourth-order valence-corrected chi connectivity index (χ4v) is 5.20. The van der Waals surface area contributed by atoms with Crippen molar-refractivity contribution in [2.45, 2.75) is 6.61 Å². The summed E-state index contributed by atoms with van der Waals surface area (Å²) in [6.07, 6.45) is 1.59. The Balaban J connectivity index is 1.32. The summed E-state index contributed by atoms with van der Waals surface area (Å²) >= 11 is 4.21. The molecule has 0 aromatic heterocycles. The highest BCUT2D eigenvalue weighted by atomic mass is 79.9. The summed E-state index contributed by atoms with van der Waals surface area (Å²) in [6, 6.07) is 24.7. The van der Waals surface area contributed by atoms with E-state index in [-0.39, 0.29) is 4.91 Å². The van der Waals surface area contributed by atoms with E-state index < -0.39 is 29.4 Å². The number of fused-ring (bicyclic) bond motifs is 1. The van der Waals surface area contributed by atoms with Gasteiger partial charge in [-0.05, 0) is 76.6 Å². The van der Waals surface area contributed by atoms with Crippen molar-refractivity contribution in [1.82, 2.24) is 4.90 Å². The molecule has 0 aliphatic carbocycles. The minimum atomic E-state index is -0.575. The molecule has 38 heavy (non-hydrogen) atoms. The molecule has 0 radical (unpaired) electrons. The van der Waals surface area contributed by atoms with Gasteiger partial charge in [0.15, 0.2) is 0 Å². The molecule has 0 atom stereocenters. The first-order valence-electron chi connectivity index (χ1n) is 11.6. The quantitative estimate of drug-likeness (QED) is 0.235. The van der Waals surface area contributed by atoms with Crippen molar-refractivity contribution >= 4 is 67.3 Å². The molecule has 1 heterocycles. The third-order valence-electron chi connectivity index (χ3n) is 5.82. The Labute approximate surface area is 230 Å². The maximum atomic E-state index is 13.1. The van der Waals surface area contributed by atoms with Crippen LogP contribution < -0.4 is 10.1 Å². The van der Waals surface area contributed by atoms with Crippen molar-refractivity contribution in [2.24, 2.45) is 0 Å². The number of ether oxygens (including phenoxy) is 1. The number of thioether (sulfide) groups is 1. The van der Waals surface area contributed by atoms with Gasteiger partial charge in [0.1, 0.15) is 24.7 Å². The number of benzene rings is 4. The van der Waals surface area contributed by atoms with Gasteiger partial charge in [-0.2, -0.15) is 0 Å². The molecule has 0 saturated carbocycles. The number of hydrogen-bond donors (Lipinski definition) is 1. The van der Waals surface area contributed by atoms with Crippen molar-refractivity contribution in [3.05, 3.63) is 111 Å². The van der Waals surface area contributed by atoms with Crippen LogP contribution >= 0.6 is 27.7 Å². The van der Waals surface area contributed by atoms with Crippen molar-refractivity contribution in [3.8, 4) is 5.75 Å². The van der Waals surface area contributed by atoms with Crippen LogP contribution in [0.15, 0.2) is 94.3 Å². The molecule has 4 aromatic carbocycles.